The second kappa shape index (κ2) is 8.03. The molecule has 0 saturated heterocycles. The van der Waals surface area contributed by atoms with Gasteiger partial charge in [0.05, 0.1) is 6.67 Å². The van der Waals surface area contributed by atoms with Crippen LogP contribution in [0.5, 0.6) is 0 Å². The maximum Gasteiger partial charge on any atom is 0.0897 e. The first-order valence-electron chi connectivity index (χ1n) is 4.91. The van der Waals surface area contributed by atoms with Crippen LogP contribution in [0.15, 0.2) is 0 Å². The van der Waals surface area contributed by atoms with E-state index in [1.807, 2.05) is 0 Å². The zero-order chi connectivity index (χ0) is 8.53. The van der Waals surface area contributed by atoms with Gasteiger partial charge in [-0.1, -0.05) is 46.0 Å². The highest BCUT2D eigenvalue weighted by molar-refractivity contribution is 4.56. The first-order chi connectivity index (χ1) is 5.35. The Balaban J connectivity index is 3.20. The quantitative estimate of drug-likeness (QED) is 0.495. The van der Waals surface area contributed by atoms with Gasteiger partial charge in [0.1, 0.15) is 0 Å². The maximum absolute atomic E-state index is 11.9. The maximum atomic E-state index is 11.9. The Labute approximate surface area is 70.2 Å². The molecule has 68 valence electrons. The molecule has 0 aliphatic rings. The molecule has 1 unspecified atom stereocenters. The topological polar surface area (TPSA) is 0 Å². The Kier molecular flexibility index (Phi) is 7.98. The Hall–Kier alpha value is -0.0700. The zero-order valence-electron chi connectivity index (χ0n) is 7.91. The third-order valence-corrected chi connectivity index (χ3v) is 2.31. The number of alkyl halides is 1. The summed E-state index contributed by atoms with van der Waals surface area (Å²) in [6.45, 7) is 4.23. The van der Waals surface area contributed by atoms with Crippen LogP contribution >= 0.6 is 0 Å². The van der Waals surface area contributed by atoms with Crippen molar-refractivity contribution in [1.82, 2.24) is 0 Å². The lowest BCUT2D eigenvalue weighted by Crippen LogP contribution is -1.99. The highest BCUT2D eigenvalue weighted by atomic mass is 19.1. The lowest BCUT2D eigenvalue weighted by molar-refractivity contribution is 0.353. The number of halogens is 1. The number of hydrogen-bond acceptors (Lipinski definition) is 0. The van der Waals surface area contributed by atoms with E-state index in [0.717, 1.165) is 12.8 Å². The summed E-state index contributed by atoms with van der Waals surface area (Å²) in [5.74, 6) is 0.645. The summed E-state index contributed by atoms with van der Waals surface area (Å²) in [5.41, 5.74) is 0. The van der Waals surface area contributed by atoms with Crippen LogP contribution in [0.25, 0.3) is 0 Å². The lowest BCUT2D eigenvalue weighted by atomic mass is 9.96. The third-order valence-electron chi connectivity index (χ3n) is 2.31. The van der Waals surface area contributed by atoms with Gasteiger partial charge in [0, 0.05) is 0 Å². The van der Waals surface area contributed by atoms with Crippen LogP contribution in [-0.2, 0) is 0 Å². The fourth-order valence-electron chi connectivity index (χ4n) is 1.39. The Morgan fingerprint density at radius 2 is 1.82 bits per heavy atom. The molecule has 0 aromatic rings. The molecule has 0 aromatic heterocycles. The van der Waals surface area contributed by atoms with Gasteiger partial charge in [-0.15, -0.1) is 0 Å². The predicted molar refractivity (Wildman–Crippen MR) is 48.5 cm³/mol. The minimum atomic E-state index is -0.134. The summed E-state index contributed by atoms with van der Waals surface area (Å²) in [7, 11) is 0. The molecule has 0 amide bonds. The molecule has 0 heterocycles. The molecule has 0 N–H and O–H groups in total. The molecule has 0 saturated carbocycles. The van der Waals surface area contributed by atoms with E-state index in [-0.39, 0.29) is 6.67 Å². The molecule has 0 fully saturated rings. The molecule has 0 aliphatic carbocycles. The highest BCUT2D eigenvalue weighted by Gasteiger charge is 2.04. The molecule has 0 rings (SSSR count). The summed E-state index contributed by atoms with van der Waals surface area (Å²) >= 11 is 0. The summed E-state index contributed by atoms with van der Waals surface area (Å²) in [4.78, 5) is 0. The third kappa shape index (κ3) is 6.33. The molecule has 11 heavy (non-hydrogen) atoms. The van der Waals surface area contributed by atoms with Crippen molar-refractivity contribution in [2.75, 3.05) is 6.67 Å². The molecular weight excluding hydrogens is 139 g/mol. The van der Waals surface area contributed by atoms with Crippen LogP contribution in [0, 0.1) is 5.92 Å². The SMILES string of the molecule is CCCCCC(CC)CCF. The normalized spacial score (nSPS) is 13.4. The fourth-order valence-corrected chi connectivity index (χ4v) is 1.39. The van der Waals surface area contributed by atoms with Crippen LogP contribution in [0.3, 0.4) is 0 Å². The second-order valence-corrected chi connectivity index (χ2v) is 3.25. The van der Waals surface area contributed by atoms with Crippen LogP contribution in [0.2, 0.25) is 0 Å². The molecule has 0 bridgehead atoms. The minimum Gasteiger partial charge on any atom is -0.251 e. The predicted octanol–water partition coefficient (Wildman–Crippen LogP) is 3.95. The molecule has 0 aromatic carbocycles. The van der Waals surface area contributed by atoms with Crippen molar-refractivity contribution in [2.24, 2.45) is 5.92 Å². The van der Waals surface area contributed by atoms with E-state index in [0.29, 0.717) is 5.92 Å². The molecule has 1 heteroatoms. The van der Waals surface area contributed by atoms with Crippen molar-refractivity contribution in [3.63, 3.8) is 0 Å². The monoisotopic (exact) mass is 160 g/mol. The summed E-state index contributed by atoms with van der Waals surface area (Å²) < 4.78 is 11.9. The Morgan fingerprint density at radius 1 is 1.09 bits per heavy atom. The Morgan fingerprint density at radius 3 is 2.27 bits per heavy atom. The van der Waals surface area contributed by atoms with Crippen molar-refractivity contribution in [3.8, 4) is 0 Å². The van der Waals surface area contributed by atoms with E-state index in [9.17, 15) is 4.39 Å². The molecular formula is C10H21F. The van der Waals surface area contributed by atoms with Crippen molar-refractivity contribution >= 4 is 0 Å². The Bertz CT molecular complexity index is 71.3. The van der Waals surface area contributed by atoms with Crippen molar-refractivity contribution in [2.45, 2.75) is 52.4 Å². The lowest BCUT2D eigenvalue weighted by Gasteiger charge is -2.11. The van der Waals surface area contributed by atoms with Crippen LogP contribution in [0.4, 0.5) is 4.39 Å². The minimum absolute atomic E-state index is 0.134. The molecule has 1 atom stereocenters. The average molecular weight is 160 g/mol. The standard InChI is InChI=1S/C10H21F/c1-3-5-6-7-10(4-2)8-9-11/h10H,3-9H2,1-2H3. The highest BCUT2D eigenvalue weighted by Crippen LogP contribution is 2.16. The van der Waals surface area contributed by atoms with Gasteiger partial charge in [0.2, 0.25) is 0 Å². The van der Waals surface area contributed by atoms with E-state index < -0.39 is 0 Å². The number of unbranched alkanes of at least 4 members (excludes halogenated alkanes) is 2. The van der Waals surface area contributed by atoms with Gasteiger partial charge >= 0.3 is 0 Å². The van der Waals surface area contributed by atoms with Crippen LogP contribution in [-0.4, -0.2) is 6.67 Å². The number of hydrogen-bond donors (Lipinski definition) is 0. The van der Waals surface area contributed by atoms with E-state index in [2.05, 4.69) is 13.8 Å². The largest absolute Gasteiger partial charge is 0.251 e. The van der Waals surface area contributed by atoms with Gasteiger partial charge in [0.25, 0.3) is 0 Å². The summed E-state index contributed by atoms with van der Waals surface area (Å²) in [5, 5.41) is 0. The molecule has 0 nitrogen and oxygen atoms in total. The van der Waals surface area contributed by atoms with E-state index in [1.165, 1.54) is 25.7 Å². The fraction of sp³-hybridized carbons (Fsp3) is 1.00. The van der Waals surface area contributed by atoms with E-state index in [4.69, 9.17) is 0 Å². The smallest absolute Gasteiger partial charge is 0.0897 e. The van der Waals surface area contributed by atoms with Crippen molar-refractivity contribution < 1.29 is 4.39 Å². The second-order valence-electron chi connectivity index (χ2n) is 3.25. The van der Waals surface area contributed by atoms with Gasteiger partial charge in [0.15, 0.2) is 0 Å². The van der Waals surface area contributed by atoms with Gasteiger partial charge in [-0.25, -0.2) is 0 Å². The first-order valence-corrected chi connectivity index (χ1v) is 4.91. The van der Waals surface area contributed by atoms with Crippen molar-refractivity contribution in [3.05, 3.63) is 0 Å². The van der Waals surface area contributed by atoms with Crippen molar-refractivity contribution in [1.29, 1.82) is 0 Å². The van der Waals surface area contributed by atoms with Gasteiger partial charge in [-0.3, -0.25) is 4.39 Å². The summed E-state index contributed by atoms with van der Waals surface area (Å²) in [6.07, 6.45) is 7.02. The molecule has 0 radical (unpaired) electrons. The summed E-state index contributed by atoms with van der Waals surface area (Å²) in [6, 6.07) is 0. The zero-order valence-corrected chi connectivity index (χ0v) is 7.91. The molecule has 0 aliphatic heterocycles. The first kappa shape index (κ1) is 10.9. The van der Waals surface area contributed by atoms with Crippen LogP contribution in [0.1, 0.15) is 52.4 Å². The molecule has 0 spiro atoms. The van der Waals surface area contributed by atoms with Gasteiger partial charge in [-0.05, 0) is 12.3 Å². The van der Waals surface area contributed by atoms with Gasteiger partial charge < -0.3 is 0 Å². The van der Waals surface area contributed by atoms with E-state index in [1.54, 1.807) is 0 Å². The number of rotatable bonds is 7. The van der Waals surface area contributed by atoms with Gasteiger partial charge in [-0.2, -0.15) is 0 Å². The van der Waals surface area contributed by atoms with E-state index >= 15 is 0 Å². The average Bonchev–Trinajstić information content (AvgIpc) is 2.03. The van der Waals surface area contributed by atoms with Crippen LogP contribution < -0.4 is 0 Å².